The molecule has 0 saturated carbocycles. The third-order valence-corrected chi connectivity index (χ3v) is 6.35. The first-order valence-electron chi connectivity index (χ1n) is 11.3. The fourth-order valence-corrected chi connectivity index (χ4v) is 4.34. The van der Waals surface area contributed by atoms with E-state index in [9.17, 15) is 19.2 Å². The maximum atomic E-state index is 14.2. The van der Waals surface area contributed by atoms with Crippen molar-refractivity contribution >= 4 is 11.7 Å². The second kappa shape index (κ2) is 10.4. The number of hydrogen-bond acceptors (Lipinski definition) is 4. The second-order valence-corrected chi connectivity index (χ2v) is 8.65. The standard InChI is InChI=1S/C29H25FN2O4/c1-18-5-3-4-6-23(18)25(16-27(31-36)22-12-14-28(33)32(2)17-22)20-9-7-19(8-10-20)21-11-13-24(29(34)35)26(30)15-21/h3-15,17,25,36H,16H2,1-2H3,(H,34,35). The van der Waals surface area contributed by atoms with Crippen LogP contribution in [0.1, 0.15) is 45.0 Å². The van der Waals surface area contributed by atoms with Crippen LogP contribution < -0.4 is 5.56 Å². The molecule has 7 heteroatoms. The number of rotatable bonds is 7. The fraction of sp³-hybridized carbons (Fsp3) is 0.138. The molecule has 0 bridgehead atoms. The van der Waals surface area contributed by atoms with E-state index in [0.717, 1.165) is 22.3 Å². The van der Waals surface area contributed by atoms with Crippen LogP contribution in [0, 0.1) is 12.7 Å². The van der Waals surface area contributed by atoms with Gasteiger partial charge in [0.1, 0.15) is 5.82 Å². The van der Waals surface area contributed by atoms with Gasteiger partial charge in [0.15, 0.2) is 0 Å². The molecular weight excluding hydrogens is 459 g/mol. The highest BCUT2D eigenvalue weighted by Crippen LogP contribution is 2.33. The number of carboxylic acids is 1. The zero-order valence-electron chi connectivity index (χ0n) is 19.9. The molecule has 3 aromatic carbocycles. The molecule has 0 saturated heterocycles. The second-order valence-electron chi connectivity index (χ2n) is 8.65. The molecule has 1 atom stereocenters. The SMILES string of the molecule is Cc1ccccc1C(CC(=NO)c1ccc(=O)n(C)c1)c1ccc(-c2ccc(C(=O)O)c(F)c2)cc1. The van der Waals surface area contributed by atoms with Crippen LogP contribution in [-0.2, 0) is 7.05 Å². The van der Waals surface area contributed by atoms with E-state index >= 15 is 0 Å². The molecule has 1 unspecified atom stereocenters. The number of pyridine rings is 1. The topological polar surface area (TPSA) is 91.9 Å². The molecule has 0 radical (unpaired) electrons. The molecule has 1 heterocycles. The number of oxime groups is 1. The lowest BCUT2D eigenvalue weighted by Crippen LogP contribution is -2.18. The van der Waals surface area contributed by atoms with Crippen molar-refractivity contribution in [1.29, 1.82) is 0 Å². The van der Waals surface area contributed by atoms with Crippen molar-refractivity contribution in [1.82, 2.24) is 4.57 Å². The highest BCUT2D eigenvalue weighted by atomic mass is 19.1. The Morgan fingerprint density at radius 3 is 2.31 bits per heavy atom. The normalized spacial score (nSPS) is 12.4. The molecule has 0 aliphatic heterocycles. The maximum absolute atomic E-state index is 14.2. The van der Waals surface area contributed by atoms with Crippen molar-refractivity contribution < 1.29 is 19.5 Å². The highest BCUT2D eigenvalue weighted by Gasteiger charge is 2.21. The lowest BCUT2D eigenvalue weighted by Gasteiger charge is -2.21. The van der Waals surface area contributed by atoms with E-state index in [2.05, 4.69) is 5.16 Å². The third-order valence-electron chi connectivity index (χ3n) is 6.35. The van der Waals surface area contributed by atoms with Gasteiger partial charge in [0.2, 0.25) is 5.56 Å². The van der Waals surface area contributed by atoms with Gasteiger partial charge < -0.3 is 14.9 Å². The first-order valence-corrected chi connectivity index (χ1v) is 11.3. The summed E-state index contributed by atoms with van der Waals surface area (Å²) in [5.74, 6) is -2.26. The minimum absolute atomic E-state index is 0.157. The van der Waals surface area contributed by atoms with E-state index in [1.54, 1.807) is 25.4 Å². The van der Waals surface area contributed by atoms with E-state index in [4.69, 9.17) is 5.11 Å². The lowest BCUT2D eigenvalue weighted by molar-refractivity contribution is 0.0692. The van der Waals surface area contributed by atoms with Crippen LogP contribution in [0.25, 0.3) is 11.1 Å². The summed E-state index contributed by atoms with van der Waals surface area (Å²) in [7, 11) is 1.64. The molecule has 4 aromatic rings. The minimum Gasteiger partial charge on any atom is -0.478 e. The summed E-state index contributed by atoms with van der Waals surface area (Å²) in [5.41, 5.74) is 4.97. The van der Waals surface area contributed by atoms with Crippen LogP contribution in [0.3, 0.4) is 0 Å². The van der Waals surface area contributed by atoms with Crippen LogP contribution in [-0.4, -0.2) is 26.6 Å². The Morgan fingerprint density at radius 2 is 1.69 bits per heavy atom. The quantitative estimate of drug-likeness (QED) is 0.203. The summed E-state index contributed by atoms with van der Waals surface area (Å²) in [6, 6.07) is 22.7. The molecule has 36 heavy (non-hydrogen) atoms. The Morgan fingerprint density at radius 1 is 1.00 bits per heavy atom. The molecule has 0 aliphatic carbocycles. The molecule has 1 aromatic heterocycles. The number of carboxylic acid groups (broad SMARTS) is 1. The first-order chi connectivity index (χ1) is 17.3. The van der Waals surface area contributed by atoms with Crippen molar-refractivity contribution in [3.63, 3.8) is 0 Å². The van der Waals surface area contributed by atoms with E-state index < -0.39 is 11.8 Å². The Balaban J connectivity index is 1.72. The van der Waals surface area contributed by atoms with Gasteiger partial charge in [-0.2, -0.15) is 0 Å². The molecule has 6 nitrogen and oxygen atoms in total. The Labute approximate surface area is 207 Å². The summed E-state index contributed by atoms with van der Waals surface area (Å²) in [4.78, 5) is 22.9. The molecule has 2 N–H and O–H groups in total. The van der Waals surface area contributed by atoms with Gasteiger partial charge in [-0.05, 0) is 52.9 Å². The van der Waals surface area contributed by atoms with Crippen LogP contribution in [0.5, 0.6) is 0 Å². The van der Waals surface area contributed by atoms with E-state index in [0.29, 0.717) is 23.3 Å². The third kappa shape index (κ3) is 5.10. The number of nitrogens with zero attached hydrogens (tertiary/aromatic N) is 2. The van der Waals surface area contributed by atoms with Gasteiger partial charge in [0.25, 0.3) is 0 Å². The van der Waals surface area contributed by atoms with E-state index in [1.807, 2.05) is 55.5 Å². The summed E-state index contributed by atoms with van der Waals surface area (Å²) in [6.07, 6.45) is 2.02. The average molecular weight is 485 g/mol. The molecule has 4 rings (SSSR count). The zero-order valence-corrected chi connectivity index (χ0v) is 19.9. The molecule has 0 aliphatic rings. The number of carbonyl (C=O) groups is 1. The van der Waals surface area contributed by atoms with Gasteiger partial charge in [0.05, 0.1) is 11.3 Å². The fourth-order valence-electron chi connectivity index (χ4n) is 4.34. The Hall–Kier alpha value is -4.52. The molecule has 0 spiro atoms. The van der Waals surface area contributed by atoms with Gasteiger partial charge in [-0.1, -0.05) is 59.8 Å². The summed E-state index contributed by atoms with van der Waals surface area (Å²) in [6.45, 7) is 2.02. The van der Waals surface area contributed by atoms with Crippen molar-refractivity contribution in [3.05, 3.63) is 129 Å². The van der Waals surface area contributed by atoms with Crippen molar-refractivity contribution in [3.8, 4) is 11.1 Å². The van der Waals surface area contributed by atoms with Gasteiger partial charge in [-0.3, -0.25) is 4.79 Å². The van der Waals surface area contributed by atoms with Crippen LogP contribution in [0.2, 0.25) is 0 Å². The molecule has 0 amide bonds. The van der Waals surface area contributed by atoms with Gasteiger partial charge in [-0.25, -0.2) is 9.18 Å². The number of benzene rings is 3. The van der Waals surface area contributed by atoms with Crippen molar-refractivity contribution in [2.24, 2.45) is 12.2 Å². The van der Waals surface area contributed by atoms with Gasteiger partial charge in [-0.15, -0.1) is 0 Å². The highest BCUT2D eigenvalue weighted by molar-refractivity contribution is 6.00. The first kappa shape index (κ1) is 24.6. The number of hydrogen-bond donors (Lipinski definition) is 2. The number of halogens is 1. The number of aromatic carboxylic acids is 1. The minimum atomic E-state index is -1.31. The van der Waals surface area contributed by atoms with Gasteiger partial charge >= 0.3 is 5.97 Å². The predicted molar refractivity (Wildman–Crippen MR) is 136 cm³/mol. The number of aromatic nitrogens is 1. The van der Waals surface area contributed by atoms with Crippen molar-refractivity contribution in [2.75, 3.05) is 0 Å². The number of aryl methyl sites for hydroxylation is 2. The summed E-state index contributed by atoms with van der Waals surface area (Å²) >= 11 is 0. The largest absolute Gasteiger partial charge is 0.478 e. The summed E-state index contributed by atoms with van der Waals surface area (Å²) < 4.78 is 15.7. The van der Waals surface area contributed by atoms with E-state index in [1.165, 1.54) is 22.8 Å². The lowest BCUT2D eigenvalue weighted by atomic mass is 9.83. The monoisotopic (exact) mass is 484 g/mol. The zero-order chi connectivity index (χ0) is 25.8. The molecule has 0 fully saturated rings. The smallest absolute Gasteiger partial charge is 0.338 e. The Bertz CT molecular complexity index is 1510. The van der Waals surface area contributed by atoms with Gasteiger partial charge in [0, 0.05) is 37.2 Å². The predicted octanol–water partition coefficient (Wildman–Crippen LogP) is 5.60. The van der Waals surface area contributed by atoms with Crippen LogP contribution in [0.15, 0.2) is 95.0 Å². The molecular formula is C29H25FN2O4. The average Bonchev–Trinajstić information content (AvgIpc) is 2.87. The summed E-state index contributed by atoms with van der Waals surface area (Å²) in [5, 5.41) is 22.5. The molecule has 182 valence electrons. The van der Waals surface area contributed by atoms with Crippen LogP contribution >= 0.6 is 0 Å². The maximum Gasteiger partial charge on any atom is 0.338 e. The van der Waals surface area contributed by atoms with Crippen LogP contribution in [0.4, 0.5) is 4.39 Å². The Kier molecular flexibility index (Phi) is 7.10. The van der Waals surface area contributed by atoms with Crippen molar-refractivity contribution in [2.45, 2.75) is 19.3 Å². The van der Waals surface area contributed by atoms with E-state index in [-0.39, 0.29) is 17.0 Å².